The molecule has 1 atom stereocenters. The van der Waals surface area contributed by atoms with E-state index in [9.17, 15) is 9.59 Å². The number of ether oxygens (including phenoxy) is 3. The van der Waals surface area contributed by atoms with E-state index in [1.807, 2.05) is 51.1 Å². The fourth-order valence-electron chi connectivity index (χ4n) is 3.44. The van der Waals surface area contributed by atoms with Gasteiger partial charge in [-0.25, -0.2) is 0 Å². The Morgan fingerprint density at radius 3 is 2.14 bits per heavy atom. The highest BCUT2D eigenvalue weighted by molar-refractivity contribution is 5.78. The second-order valence-electron chi connectivity index (χ2n) is 8.58. The molecule has 1 aromatic rings. The molecule has 2 saturated heterocycles. The van der Waals surface area contributed by atoms with Gasteiger partial charge >= 0.3 is 0 Å². The van der Waals surface area contributed by atoms with Crippen LogP contribution in [-0.4, -0.2) is 73.4 Å². The summed E-state index contributed by atoms with van der Waals surface area (Å²) in [5.74, 6) is -0.318. The maximum Gasteiger partial charge on any atom is 0.260 e. The Bertz CT molecular complexity index is 684. The van der Waals surface area contributed by atoms with Crippen LogP contribution in [0.1, 0.15) is 27.2 Å². The van der Waals surface area contributed by atoms with Gasteiger partial charge in [-0.15, -0.1) is 0 Å². The predicted molar refractivity (Wildman–Crippen MR) is 104 cm³/mol. The number of hydrogen-bond donors (Lipinski definition) is 0. The number of amides is 2. The van der Waals surface area contributed by atoms with E-state index < -0.39 is 5.79 Å². The number of carbonyl (C=O) groups excluding carboxylic acids is 2. The minimum atomic E-state index is -0.952. The van der Waals surface area contributed by atoms with Gasteiger partial charge in [0, 0.05) is 19.5 Å². The molecule has 0 saturated carbocycles. The highest BCUT2D eigenvalue weighted by atomic mass is 16.7. The summed E-state index contributed by atoms with van der Waals surface area (Å²) in [5.41, 5.74) is -0.0766. The number of carbonyl (C=O) groups is 2. The molecule has 1 spiro atoms. The molecule has 7 nitrogen and oxygen atoms in total. The van der Waals surface area contributed by atoms with E-state index in [4.69, 9.17) is 14.2 Å². The Morgan fingerprint density at radius 2 is 1.57 bits per heavy atom. The van der Waals surface area contributed by atoms with Gasteiger partial charge in [-0.3, -0.25) is 9.59 Å². The first kappa shape index (κ1) is 20.6. The van der Waals surface area contributed by atoms with Crippen LogP contribution in [0.3, 0.4) is 0 Å². The number of benzene rings is 1. The van der Waals surface area contributed by atoms with Gasteiger partial charge in [0.25, 0.3) is 5.91 Å². The van der Waals surface area contributed by atoms with Crippen molar-refractivity contribution in [3.63, 3.8) is 0 Å². The predicted octanol–water partition coefficient (Wildman–Crippen LogP) is 1.92. The largest absolute Gasteiger partial charge is 0.484 e. The lowest BCUT2D eigenvalue weighted by Crippen LogP contribution is -2.64. The van der Waals surface area contributed by atoms with Crippen molar-refractivity contribution in [3.8, 4) is 5.75 Å². The maximum absolute atomic E-state index is 12.6. The summed E-state index contributed by atoms with van der Waals surface area (Å²) in [6, 6.07) is 9.26. The topological polar surface area (TPSA) is 68.3 Å². The molecular weight excluding hydrogens is 360 g/mol. The van der Waals surface area contributed by atoms with Crippen molar-refractivity contribution in [2.24, 2.45) is 5.41 Å². The molecule has 0 N–H and O–H groups in total. The highest BCUT2D eigenvalue weighted by Gasteiger charge is 2.44. The van der Waals surface area contributed by atoms with Crippen LogP contribution in [0.5, 0.6) is 5.75 Å². The maximum atomic E-state index is 12.6. The molecule has 28 heavy (non-hydrogen) atoms. The molecule has 7 heteroatoms. The van der Waals surface area contributed by atoms with E-state index in [0.717, 1.165) is 0 Å². The summed E-state index contributed by atoms with van der Waals surface area (Å²) in [7, 11) is 0. The molecule has 0 aromatic heterocycles. The van der Waals surface area contributed by atoms with E-state index in [0.29, 0.717) is 51.6 Å². The Balaban J connectivity index is 1.58. The molecule has 2 heterocycles. The van der Waals surface area contributed by atoms with Crippen molar-refractivity contribution in [1.82, 2.24) is 9.80 Å². The molecule has 1 aromatic carbocycles. The zero-order valence-electron chi connectivity index (χ0n) is 17.0. The van der Waals surface area contributed by atoms with Crippen LogP contribution < -0.4 is 4.74 Å². The first-order chi connectivity index (χ1) is 13.3. The van der Waals surface area contributed by atoms with Crippen LogP contribution >= 0.6 is 0 Å². The minimum Gasteiger partial charge on any atom is -0.484 e. The lowest BCUT2D eigenvalue weighted by atomic mass is 9.91. The van der Waals surface area contributed by atoms with E-state index in [-0.39, 0.29) is 23.8 Å². The molecule has 0 aliphatic carbocycles. The van der Waals surface area contributed by atoms with Crippen LogP contribution in [0.2, 0.25) is 0 Å². The average molecular weight is 390 g/mol. The normalized spacial score (nSPS) is 23.0. The third-order valence-electron chi connectivity index (χ3n) is 4.81. The van der Waals surface area contributed by atoms with Gasteiger partial charge in [0.1, 0.15) is 5.75 Å². The summed E-state index contributed by atoms with van der Waals surface area (Å²) in [6.45, 7) is 8.54. The summed E-state index contributed by atoms with van der Waals surface area (Å²) >= 11 is 0. The molecule has 2 fully saturated rings. The van der Waals surface area contributed by atoms with Gasteiger partial charge in [0.05, 0.1) is 26.3 Å². The van der Waals surface area contributed by atoms with E-state index in [1.165, 1.54) is 0 Å². The number of hydrogen-bond acceptors (Lipinski definition) is 5. The molecule has 3 rings (SSSR count). The van der Waals surface area contributed by atoms with Gasteiger partial charge in [0.15, 0.2) is 6.61 Å². The third kappa shape index (κ3) is 5.45. The fraction of sp³-hybridized carbons (Fsp3) is 0.619. The standard InChI is InChI=1S/C21H30N2O5/c1-20(2,3)13-18(24)22-9-11-27-21(15-22)16-23(10-12-28-21)19(25)14-26-17-7-5-4-6-8-17/h4-8H,9-16H2,1-3H3. The first-order valence-electron chi connectivity index (χ1n) is 9.78. The minimum absolute atomic E-state index is 0.0350. The average Bonchev–Trinajstić information content (AvgIpc) is 2.66. The summed E-state index contributed by atoms with van der Waals surface area (Å²) in [4.78, 5) is 28.7. The van der Waals surface area contributed by atoms with Crippen molar-refractivity contribution in [2.45, 2.75) is 33.0 Å². The molecule has 2 amide bonds. The number of rotatable bonds is 4. The van der Waals surface area contributed by atoms with Crippen LogP contribution in [-0.2, 0) is 19.1 Å². The molecule has 154 valence electrons. The van der Waals surface area contributed by atoms with E-state index in [2.05, 4.69) is 0 Å². The summed E-state index contributed by atoms with van der Waals surface area (Å²) in [6.07, 6.45) is 0.469. The van der Waals surface area contributed by atoms with Gasteiger partial charge < -0.3 is 24.0 Å². The van der Waals surface area contributed by atoms with Crippen molar-refractivity contribution in [1.29, 1.82) is 0 Å². The number of para-hydroxylation sites is 1. The SMILES string of the molecule is CC(C)(C)CC(=O)N1CCOC2(CN(C(=O)COc3ccccc3)CCO2)C1. The Labute approximate surface area is 166 Å². The van der Waals surface area contributed by atoms with Gasteiger partial charge in [-0.2, -0.15) is 0 Å². The van der Waals surface area contributed by atoms with Crippen molar-refractivity contribution >= 4 is 11.8 Å². The smallest absolute Gasteiger partial charge is 0.260 e. The van der Waals surface area contributed by atoms with Gasteiger partial charge in [-0.1, -0.05) is 39.0 Å². The Morgan fingerprint density at radius 1 is 1.00 bits per heavy atom. The second-order valence-corrected chi connectivity index (χ2v) is 8.58. The molecular formula is C21H30N2O5. The molecule has 0 bridgehead atoms. The van der Waals surface area contributed by atoms with Gasteiger partial charge in [0.2, 0.25) is 11.7 Å². The summed E-state index contributed by atoms with van der Waals surface area (Å²) in [5, 5.41) is 0. The van der Waals surface area contributed by atoms with Crippen molar-refractivity contribution in [3.05, 3.63) is 30.3 Å². The second kappa shape index (κ2) is 8.49. The Kier molecular flexibility index (Phi) is 6.25. The van der Waals surface area contributed by atoms with Crippen molar-refractivity contribution < 1.29 is 23.8 Å². The lowest BCUT2D eigenvalue weighted by molar-refractivity contribution is -0.287. The van der Waals surface area contributed by atoms with E-state index in [1.54, 1.807) is 9.80 Å². The van der Waals surface area contributed by atoms with Crippen LogP contribution in [0, 0.1) is 5.41 Å². The van der Waals surface area contributed by atoms with Crippen LogP contribution in [0.15, 0.2) is 30.3 Å². The third-order valence-corrected chi connectivity index (χ3v) is 4.81. The molecule has 1 unspecified atom stereocenters. The van der Waals surface area contributed by atoms with Gasteiger partial charge in [-0.05, 0) is 17.5 Å². The number of morpholine rings is 2. The van der Waals surface area contributed by atoms with Crippen LogP contribution in [0.25, 0.3) is 0 Å². The number of nitrogens with zero attached hydrogens (tertiary/aromatic N) is 2. The Hall–Kier alpha value is -2.12. The molecule has 2 aliphatic rings. The molecule has 2 aliphatic heterocycles. The fourth-order valence-corrected chi connectivity index (χ4v) is 3.44. The first-order valence-corrected chi connectivity index (χ1v) is 9.78. The highest BCUT2D eigenvalue weighted by Crippen LogP contribution is 2.27. The zero-order chi connectivity index (χ0) is 20.2. The lowest BCUT2D eigenvalue weighted by Gasteiger charge is -2.47. The van der Waals surface area contributed by atoms with Crippen LogP contribution in [0.4, 0.5) is 0 Å². The quantitative estimate of drug-likeness (QED) is 0.786. The van der Waals surface area contributed by atoms with Crippen molar-refractivity contribution in [2.75, 3.05) is 46.0 Å². The summed E-state index contributed by atoms with van der Waals surface area (Å²) < 4.78 is 17.4. The molecule has 0 radical (unpaired) electrons. The zero-order valence-corrected chi connectivity index (χ0v) is 17.0. The monoisotopic (exact) mass is 390 g/mol. The van der Waals surface area contributed by atoms with E-state index >= 15 is 0 Å².